The van der Waals surface area contributed by atoms with Gasteiger partial charge in [0.05, 0.1) is 6.42 Å². The Morgan fingerprint density at radius 3 is 2.26 bits per heavy atom. The van der Waals surface area contributed by atoms with E-state index in [9.17, 15) is 9.59 Å². The van der Waals surface area contributed by atoms with E-state index in [0.717, 1.165) is 11.1 Å². The third-order valence-corrected chi connectivity index (χ3v) is 4.43. The van der Waals surface area contributed by atoms with Crippen molar-refractivity contribution in [1.82, 2.24) is 0 Å². The highest BCUT2D eigenvalue weighted by Gasteiger charge is 2.16. The Balaban J connectivity index is 1.96. The minimum Gasteiger partial charge on any atom is -0.481 e. The molecule has 0 radical (unpaired) electrons. The van der Waals surface area contributed by atoms with Gasteiger partial charge in [-0.05, 0) is 54.2 Å². The Morgan fingerprint density at radius 2 is 1.67 bits per heavy atom. The first-order chi connectivity index (χ1) is 12.8. The van der Waals surface area contributed by atoms with Crippen LogP contribution >= 0.6 is 0 Å². The van der Waals surface area contributed by atoms with Crippen molar-refractivity contribution in [2.24, 2.45) is 0 Å². The predicted molar refractivity (Wildman–Crippen MR) is 106 cm³/mol. The molecule has 0 saturated carbocycles. The number of ether oxygens (including phenoxy) is 1. The molecule has 0 aliphatic heterocycles. The van der Waals surface area contributed by atoms with Gasteiger partial charge in [0, 0.05) is 5.69 Å². The van der Waals surface area contributed by atoms with Crippen LogP contribution in [-0.2, 0) is 9.59 Å². The number of hydrogen-bond donors (Lipinski definition) is 2. The van der Waals surface area contributed by atoms with E-state index in [-0.39, 0.29) is 18.2 Å². The second kappa shape index (κ2) is 9.21. The second-order valence-electron chi connectivity index (χ2n) is 7.10. The SMILES string of the molecule is CC(Oc1cccc(C(C)C)c1)C(=O)Nc1ccc(C(C)CC(=O)O)cc1. The minimum absolute atomic E-state index is 0.0754. The molecule has 0 aliphatic carbocycles. The van der Waals surface area contributed by atoms with Gasteiger partial charge in [-0.1, -0.05) is 45.0 Å². The van der Waals surface area contributed by atoms with Crippen molar-refractivity contribution >= 4 is 17.6 Å². The lowest BCUT2D eigenvalue weighted by molar-refractivity contribution is -0.137. The summed E-state index contributed by atoms with van der Waals surface area (Å²) in [5, 5.41) is 11.7. The van der Waals surface area contributed by atoms with Crippen LogP contribution < -0.4 is 10.1 Å². The topological polar surface area (TPSA) is 75.6 Å². The molecule has 0 heterocycles. The highest BCUT2D eigenvalue weighted by molar-refractivity contribution is 5.94. The zero-order valence-electron chi connectivity index (χ0n) is 16.2. The van der Waals surface area contributed by atoms with Crippen LogP contribution in [-0.4, -0.2) is 23.1 Å². The van der Waals surface area contributed by atoms with Gasteiger partial charge in [0.25, 0.3) is 5.91 Å². The van der Waals surface area contributed by atoms with Crippen molar-refractivity contribution in [2.75, 3.05) is 5.32 Å². The van der Waals surface area contributed by atoms with Gasteiger partial charge in [-0.15, -0.1) is 0 Å². The predicted octanol–water partition coefficient (Wildman–Crippen LogP) is 4.79. The number of hydrogen-bond acceptors (Lipinski definition) is 3. The van der Waals surface area contributed by atoms with E-state index >= 15 is 0 Å². The van der Waals surface area contributed by atoms with Gasteiger partial charge in [-0.25, -0.2) is 0 Å². The number of carbonyl (C=O) groups excluding carboxylic acids is 1. The first kappa shape index (κ1) is 20.5. The number of benzene rings is 2. The van der Waals surface area contributed by atoms with Gasteiger partial charge in [-0.3, -0.25) is 9.59 Å². The van der Waals surface area contributed by atoms with Gasteiger partial charge >= 0.3 is 5.97 Å². The molecule has 5 nitrogen and oxygen atoms in total. The van der Waals surface area contributed by atoms with E-state index in [2.05, 4.69) is 19.2 Å². The highest BCUT2D eigenvalue weighted by Crippen LogP contribution is 2.23. The van der Waals surface area contributed by atoms with Gasteiger partial charge in [-0.2, -0.15) is 0 Å². The monoisotopic (exact) mass is 369 g/mol. The van der Waals surface area contributed by atoms with E-state index in [1.807, 2.05) is 43.3 Å². The van der Waals surface area contributed by atoms with Crippen molar-refractivity contribution in [2.45, 2.75) is 52.1 Å². The number of anilines is 1. The Morgan fingerprint density at radius 1 is 1.00 bits per heavy atom. The molecule has 2 aromatic carbocycles. The van der Waals surface area contributed by atoms with Crippen LogP contribution in [0.1, 0.15) is 57.1 Å². The molecule has 0 spiro atoms. The highest BCUT2D eigenvalue weighted by atomic mass is 16.5. The Bertz CT molecular complexity index is 783. The fraction of sp³-hybridized carbons (Fsp3) is 0.364. The first-order valence-corrected chi connectivity index (χ1v) is 9.15. The van der Waals surface area contributed by atoms with Crippen LogP contribution in [0.25, 0.3) is 0 Å². The van der Waals surface area contributed by atoms with E-state index in [0.29, 0.717) is 17.4 Å². The molecule has 0 saturated heterocycles. The molecule has 5 heteroatoms. The molecule has 2 N–H and O–H groups in total. The summed E-state index contributed by atoms with van der Waals surface area (Å²) in [4.78, 5) is 23.2. The number of carbonyl (C=O) groups is 2. The van der Waals surface area contributed by atoms with Crippen LogP contribution in [0.3, 0.4) is 0 Å². The molecule has 0 aliphatic rings. The number of carboxylic acids is 1. The molecule has 1 amide bonds. The average Bonchev–Trinajstić information content (AvgIpc) is 2.61. The van der Waals surface area contributed by atoms with Crippen LogP contribution in [0.5, 0.6) is 5.75 Å². The van der Waals surface area contributed by atoms with Crippen molar-refractivity contribution in [3.8, 4) is 5.75 Å². The Kier molecular flexibility index (Phi) is 6.99. The van der Waals surface area contributed by atoms with Gasteiger partial charge in [0.2, 0.25) is 0 Å². The summed E-state index contributed by atoms with van der Waals surface area (Å²) in [5.41, 5.74) is 2.73. The molecule has 144 valence electrons. The zero-order chi connectivity index (χ0) is 20.0. The Labute approximate surface area is 160 Å². The molecule has 0 bridgehead atoms. The van der Waals surface area contributed by atoms with Crippen molar-refractivity contribution < 1.29 is 19.4 Å². The average molecular weight is 369 g/mol. The standard InChI is InChI=1S/C22H27NO4/c1-14(2)18-6-5-7-20(13-18)27-16(4)22(26)23-19-10-8-17(9-11-19)15(3)12-21(24)25/h5-11,13-16H,12H2,1-4H3,(H,23,26)(H,24,25). The lowest BCUT2D eigenvalue weighted by atomic mass is 9.98. The van der Waals surface area contributed by atoms with Crippen molar-refractivity contribution in [1.29, 1.82) is 0 Å². The first-order valence-electron chi connectivity index (χ1n) is 9.15. The smallest absolute Gasteiger partial charge is 0.303 e. The van der Waals surface area contributed by atoms with Crippen LogP contribution in [0.4, 0.5) is 5.69 Å². The normalized spacial score (nSPS) is 13.1. The fourth-order valence-corrected chi connectivity index (χ4v) is 2.72. The third-order valence-electron chi connectivity index (χ3n) is 4.43. The second-order valence-corrected chi connectivity index (χ2v) is 7.10. The molecule has 2 atom stereocenters. The number of carboxylic acid groups (broad SMARTS) is 1. The van der Waals surface area contributed by atoms with E-state index in [4.69, 9.17) is 9.84 Å². The van der Waals surface area contributed by atoms with Crippen molar-refractivity contribution in [3.63, 3.8) is 0 Å². The van der Waals surface area contributed by atoms with E-state index in [1.54, 1.807) is 19.1 Å². The number of amides is 1. The molecular formula is C22H27NO4. The lowest BCUT2D eigenvalue weighted by Gasteiger charge is -2.16. The molecule has 27 heavy (non-hydrogen) atoms. The maximum atomic E-state index is 12.4. The molecule has 0 fully saturated rings. The number of rotatable bonds is 8. The fourth-order valence-electron chi connectivity index (χ4n) is 2.72. The molecule has 2 unspecified atom stereocenters. The molecular weight excluding hydrogens is 342 g/mol. The summed E-state index contributed by atoms with van der Waals surface area (Å²) >= 11 is 0. The number of nitrogens with one attached hydrogen (secondary N) is 1. The maximum absolute atomic E-state index is 12.4. The lowest BCUT2D eigenvalue weighted by Crippen LogP contribution is -2.30. The molecule has 0 aromatic heterocycles. The zero-order valence-corrected chi connectivity index (χ0v) is 16.2. The quantitative estimate of drug-likeness (QED) is 0.701. The van der Waals surface area contributed by atoms with Crippen LogP contribution in [0.2, 0.25) is 0 Å². The largest absolute Gasteiger partial charge is 0.481 e. The summed E-state index contributed by atoms with van der Waals surface area (Å²) in [6, 6.07) is 15.0. The summed E-state index contributed by atoms with van der Waals surface area (Å²) in [6.45, 7) is 7.79. The third kappa shape index (κ3) is 6.13. The number of aliphatic carboxylic acids is 1. The molecule has 2 aromatic rings. The van der Waals surface area contributed by atoms with Gasteiger partial charge in [0.15, 0.2) is 6.10 Å². The summed E-state index contributed by atoms with van der Waals surface area (Å²) in [6.07, 6.45) is -0.565. The van der Waals surface area contributed by atoms with Crippen LogP contribution in [0.15, 0.2) is 48.5 Å². The van der Waals surface area contributed by atoms with Gasteiger partial charge < -0.3 is 15.2 Å². The summed E-state index contributed by atoms with van der Waals surface area (Å²) in [5.74, 6) is -0.0900. The maximum Gasteiger partial charge on any atom is 0.303 e. The van der Waals surface area contributed by atoms with E-state index < -0.39 is 12.1 Å². The Hall–Kier alpha value is -2.82. The van der Waals surface area contributed by atoms with Gasteiger partial charge in [0.1, 0.15) is 5.75 Å². The summed E-state index contributed by atoms with van der Waals surface area (Å²) in [7, 11) is 0. The van der Waals surface area contributed by atoms with E-state index in [1.165, 1.54) is 0 Å². The minimum atomic E-state index is -0.826. The molecule has 2 rings (SSSR count). The summed E-state index contributed by atoms with van der Waals surface area (Å²) < 4.78 is 5.77. The van der Waals surface area contributed by atoms with Crippen molar-refractivity contribution in [3.05, 3.63) is 59.7 Å². The van der Waals surface area contributed by atoms with Crippen LogP contribution in [0, 0.1) is 0 Å².